The van der Waals surface area contributed by atoms with E-state index in [0.29, 0.717) is 5.82 Å². The van der Waals surface area contributed by atoms with Crippen molar-refractivity contribution >= 4 is 11.6 Å². The van der Waals surface area contributed by atoms with Gasteiger partial charge in [0.15, 0.2) is 0 Å². The van der Waals surface area contributed by atoms with Crippen LogP contribution in [0.2, 0.25) is 0 Å². The predicted molar refractivity (Wildman–Crippen MR) is 76.5 cm³/mol. The van der Waals surface area contributed by atoms with Gasteiger partial charge < -0.3 is 20.8 Å². The first-order valence-corrected chi connectivity index (χ1v) is 6.58. The van der Waals surface area contributed by atoms with Crippen LogP contribution in [0.25, 0.3) is 0 Å². The first-order chi connectivity index (χ1) is 8.88. The Balaban J connectivity index is 2.87. The van der Waals surface area contributed by atoms with E-state index in [0.717, 1.165) is 18.2 Å². The topological polar surface area (TPSA) is 90.3 Å². The van der Waals surface area contributed by atoms with Gasteiger partial charge in [-0.05, 0) is 13.8 Å². The largest absolute Gasteiger partial charge is 0.393 e. The van der Waals surface area contributed by atoms with E-state index >= 15 is 0 Å². The van der Waals surface area contributed by atoms with Gasteiger partial charge in [-0.2, -0.15) is 0 Å². The molecule has 0 radical (unpaired) electrons. The molecule has 0 spiro atoms. The van der Waals surface area contributed by atoms with Crippen molar-refractivity contribution in [1.82, 2.24) is 9.97 Å². The number of nitrogens with zero attached hydrogens (tertiary/aromatic N) is 2. The van der Waals surface area contributed by atoms with Crippen LogP contribution in [-0.4, -0.2) is 45.5 Å². The zero-order chi connectivity index (χ0) is 14.5. The van der Waals surface area contributed by atoms with E-state index in [2.05, 4.69) is 20.6 Å². The average Bonchev–Trinajstić information content (AvgIpc) is 2.37. The van der Waals surface area contributed by atoms with Crippen LogP contribution in [0, 0.1) is 0 Å². The molecule has 0 bridgehead atoms. The maximum Gasteiger partial charge on any atom is 0.135 e. The Morgan fingerprint density at radius 1 is 1.26 bits per heavy atom. The quantitative estimate of drug-likeness (QED) is 0.594. The lowest BCUT2D eigenvalue weighted by molar-refractivity contribution is 0.0131. The Hall–Kier alpha value is -1.40. The van der Waals surface area contributed by atoms with Gasteiger partial charge in [-0.25, -0.2) is 9.97 Å². The lowest BCUT2D eigenvalue weighted by Gasteiger charge is -2.21. The summed E-state index contributed by atoms with van der Waals surface area (Å²) in [4.78, 5) is 8.81. The smallest absolute Gasteiger partial charge is 0.135 e. The van der Waals surface area contributed by atoms with Crippen molar-refractivity contribution in [2.24, 2.45) is 0 Å². The third kappa shape index (κ3) is 5.00. The molecule has 6 heteroatoms. The lowest BCUT2D eigenvalue weighted by Crippen LogP contribution is -2.37. The second-order valence-corrected chi connectivity index (χ2v) is 5.19. The summed E-state index contributed by atoms with van der Waals surface area (Å²) in [5, 5.41) is 25.0. The molecule has 0 aromatic carbocycles. The summed E-state index contributed by atoms with van der Waals surface area (Å²) in [5.74, 6) is 2.36. The summed E-state index contributed by atoms with van der Waals surface area (Å²) < 4.78 is 0. The number of hydrogen-bond donors (Lipinski definition) is 4. The average molecular weight is 268 g/mol. The van der Waals surface area contributed by atoms with Gasteiger partial charge in [0, 0.05) is 25.1 Å². The zero-order valence-electron chi connectivity index (χ0n) is 12.1. The predicted octanol–water partition coefficient (Wildman–Crippen LogP) is 1.19. The van der Waals surface area contributed by atoms with Gasteiger partial charge in [-0.15, -0.1) is 0 Å². The summed E-state index contributed by atoms with van der Waals surface area (Å²) in [6.07, 6.45) is 0. The summed E-state index contributed by atoms with van der Waals surface area (Å²) in [5.41, 5.74) is -1.17. The van der Waals surface area contributed by atoms with Gasteiger partial charge in [-0.3, -0.25) is 0 Å². The minimum atomic E-state index is -1.17. The molecule has 108 valence electrons. The van der Waals surface area contributed by atoms with Crippen LogP contribution in [0.1, 0.15) is 39.4 Å². The number of aliphatic hydroxyl groups is 2. The molecule has 0 saturated carbocycles. The van der Waals surface area contributed by atoms with Crippen molar-refractivity contribution in [2.75, 3.05) is 30.3 Å². The molecule has 0 aliphatic rings. The fourth-order valence-electron chi connectivity index (χ4n) is 1.42. The highest BCUT2D eigenvalue weighted by atomic mass is 16.3. The highest BCUT2D eigenvalue weighted by molar-refractivity contribution is 5.48. The molecule has 1 aromatic rings. The molecule has 19 heavy (non-hydrogen) atoms. The fraction of sp³-hybridized carbons (Fsp3) is 0.692. The summed E-state index contributed by atoms with van der Waals surface area (Å²) in [6, 6.07) is 1.79. The van der Waals surface area contributed by atoms with E-state index in [4.69, 9.17) is 5.11 Å². The van der Waals surface area contributed by atoms with Gasteiger partial charge in [0.25, 0.3) is 0 Å². The fourth-order valence-corrected chi connectivity index (χ4v) is 1.42. The van der Waals surface area contributed by atoms with Gasteiger partial charge in [0.1, 0.15) is 23.1 Å². The molecule has 0 aliphatic carbocycles. The normalized spacial score (nSPS) is 14.3. The van der Waals surface area contributed by atoms with Crippen molar-refractivity contribution < 1.29 is 10.2 Å². The number of aliphatic hydroxyl groups excluding tert-OH is 1. The van der Waals surface area contributed by atoms with Crippen LogP contribution in [0.3, 0.4) is 0 Å². The Morgan fingerprint density at radius 3 is 2.32 bits per heavy atom. The summed E-state index contributed by atoms with van der Waals surface area (Å²) in [6.45, 7) is 8.32. The van der Waals surface area contributed by atoms with Gasteiger partial charge in [-0.1, -0.05) is 13.8 Å². The van der Waals surface area contributed by atoms with E-state index in [9.17, 15) is 5.11 Å². The van der Waals surface area contributed by atoms with Crippen LogP contribution in [0.5, 0.6) is 0 Å². The van der Waals surface area contributed by atoms with Crippen molar-refractivity contribution in [1.29, 1.82) is 0 Å². The summed E-state index contributed by atoms with van der Waals surface area (Å²) in [7, 11) is 0. The van der Waals surface area contributed by atoms with Crippen LogP contribution in [0.15, 0.2) is 6.07 Å². The van der Waals surface area contributed by atoms with E-state index < -0.39 is 5.60 Å². The highest BCUT2D eigenvalue weighted by Crippen LogP contribution is 2.17. The maximum atomic E-state index is 9.76. The molecule has 1 atom stereocenters. The second-order valence-electron chi connectivity index (χ2n) is 5.19. The Morgan fingerprint density at radius 2 is 1.84 bits per heavy atom. The number of anilines is 2. The molecule has 1 unspecified atom stereocenters. The third-order valence-electron chi connectivity index (χ3n) is 2.61. The third-order valence-corrected chi connectivity index (χ3v) is 2.61. The van der Waals surface area contributed by atoms with Crippen molar-refractivity contribution in [3.8, 4) is 0 Å². The van der Waals surface area contributed by atoms with E-state index in [1.165, 1.54) is 0 Å². The maximum absolute atomic E-state index is 9.76. The van der Waals surface area contributed by atoms with Crippen LogP contribution in [0.4, 0.5) is 11.6 Å². The molecular formula is C13H24N4O2. The molecule has 0 amide bonds. The minimum absolute atomic E-state index is 0.220. The number of aromatic nitrogens is 2. The Labute approximate surface area is 114 Å². The molecular weight excluding hydrogens is 244 g/mol. The SMILES string of the molecule is CCNc1cc(NCC(C)(O)CO)nc(C(C)C)n1. The van der Waals surface area contributed by atoms with Gasteiger partial charge in [0.05, 0.1) is 6.61 Å². The molecule has 0 aliphatic heterocycles. The van der Waals surface area contributed by atoms with Crippen LogP contribution >= 0.6 is 0 Å². The standard InChI is InChI=1S/C13H24N4O2/c1-5-14-10-6-11(15-7-13(4,19)8-18)17-12(16-10)9(2)3/h6,9,18-19H,5,7-8H2,1-4H3,(H2,14,15,16,17). The molecule has 1 aromatic heterocycles. The zero-order valence-corrected chi connectivity index (χ0v) is 12.1. The lowest BCUT2D eigenvalue weighted by atomic mass is 10.1. The first kappa shape index (κ1) is 15.7. The van der Waals surface area contributed by atoms with E-state index in [-0.39, 0.29) is 19.1 Å². The monoisotopic (exact) mass is 268 g/mol. The Bertz CT molecular complexity index is 408. The number of nitrogens with one attached hydrogen (secondary N) is 2. The molecule has 4 N–H and O–H groups in total. The Kier molecular flexibility index (Phi) is 5.50. The number of rotatable bonds is 7. The molecule has 0 fully saturated rings. The van der Waals surface area contributed by atoms with Crippen molar-refractivity contribution in [3.63, 3.8) is 0 Å². The van der Waals surface area contributed by atoms with Crippen LogP contribution < -0.4 is 10.6 Å². The van der Waals surface area contributed by atoms with E-state index in [1.54, 1.807) is 13.0 Å². The molecule has 1 rings (SSSR count). The first-order valence-electron chi connectivity index (χ1n) is 6.58. The van der Waals surface area contributed by atoms with Gasteiger partial charge in [0.2, 0.25) is 0 Å². The minimum Gasteiger partial charge on any atom is -0.393 e. The van der Waals surface area contributed by atoms with Crippen LogP contribution in [-0.2, 0) is 0 Å². The van der Waals surface area contributed by atoms with E-state index in [1.807, 2.05) is 20.8 Å². The van der Waals surface area contributed by atoms with Crippen molar-refractivity contribution in [2.45, 2.75) is 39.2 Å². The van der Waals surface area contributed by atoms with Crippen molar-refractivity contribution in [3.05, 3.63) is 11.9 Å². The summed E-state index contributed by atoms with van der Waals surface area (Å²) >= 11 is 0. The highest BCUT2D eigenvalue weighted by Gasteiger charge is 2.19. The molecule has 6 nitrogen and oxygen atoms in total. The molecule has 1 heterocycles. The second kappa shape index (κ2) is 6.68. The molecule has 0 saturated heterocycles. The van der Waals surface area contributed by atoms with Gasteiger partial charge >= 0.3 is 0 Å². The number of hydrogen-bond acceptors (Lipinski definition) is 6.